The quantitative estimate of drug-likeness (QED) is 0.896. The molecule has 2 aromatic rings. The minimum Gasteiger partial charge on any atom is -0.353 e. The fourth-order valence-corrected chi connectivity index (χ4v) is 2.74. The van der Waals surface area contributed by atoms with Crippen molar-refractivity contribution in [1.29, 1.82) is 0 Å². The Labute approximate surface area is 107 Å². The zero-order valence-corrected chi connectivity index (χ0v) is 10.8. The molecule has 0 aromatic carbocycles. The largest absolute Gasteiger partial charge is 0.353 e. The van der Waals surface area contributed by atoms with Gasteiger partial charge in [0.1, 0.15) is 0 Å². The third-order valence-corrected chi connectivity index (χ3v) is 3.65. The molecular weight excluding hydrogens is 224 g/mol. The second-order valence-electron chi connectivity index (χ2n) is 5.08. The lowest BCUT2D eigenvalue weighted by molar-refractivity contribution is 0.751. The Morgan fingerprint density at radius 3 is 3.11 bits per heavy atom. The molecule has 18 heavy (non-hydrogen) atoms. The molecule has 0 spiro atoms. The predicted molar refractivity (Wildman–Crippen MR) is 74.0 cm³/mol. The van der Waals surface area contributed by atoms with Crippen molar-refractivity contribution in [3.63, 3.8) is 0 Å². The summed E-state index contributed by atoms with van der Waals surface area (Å²) in [5.74, 6) is 1.08. The van der Waals surface area contributed by atoms with Crippen LogP contribution in [0.25, 0.3) is 5.52 Å². The summed E-state index contributed by atoms with van der Waals surface area (Å²) in [5.41, 5.74) is 8.47. The Balaban J connectivity index is 2.03. The van der Waals surface area contributed by atoms with Gasteiger partial charge >= 0.3 is 0 Å². The Kier molecular flexibility index (Phi) is 2.96. The Bertz CT molecular complexity index is 546. The van der Waals surface area contributed by atoms with Crippen LogP contribution in [0.15, 0.2) is 24.5 Å². The van der Waals surface area contributed by atoms with Crippen LogP contribution in [-0.4, -0.2) is 28.5 Å². The summed E-state index contributed by atoms with van der Waals surface area (Å²) >= 11 is 0. The molecule has 0 radical (unpaired) electrons. The summed E-state index contributed by atoms with van der Waals surface area (Å²) in [6.07, 6.45) is 7.41. The molecule has 1 aliphatic heterocycles. The number of hydrogen-bond donors (Lipinski definition) is 1. The molecule has 96 valence electrons. The van der Waals surface area contributed by atoms with Gasteiger partial charge in [0.25, 0.3) is 0 Å². The van der Waals surface area contributed by atoms with E-state index in [0.717, 1.165) is 38.2 Å². The fraction of sp³-hybridized carbons (Fsp3) is 0.500. The van der Waals surface area contributed by atoms with Crippen LogP contribution in [0.1, 0.15) is 25.5 Å². The summed E-state index contributed by atoms with van der Waals surface area (Å²) in [7, 11) is 0. The maximum atomic E-state index is 5.98. The van der Waals surface area contributed by atoms with Gasteiger partial charge in [0.15, 0.2) is 5.82 Å². The molecule has 1 aliphatic rings. The zero-order valence-electron chi connectivity index (χ0n) is 10.8. The van der Waals surface area contributed by atoms with Crippen LogP contribution in [0, 0.1) is 0 Å². The van der Waals surface area contributed by atoms with Gasteiger partial charge in [-0.25, -0.2) is 4.98 Å². The minimum atomic E-state index is 0.289. The molecule has 0 bridgehead atoms. The van der Waals surface area contributed by atoms with Crippen LogP contribution in [0.5, 0.6) is 0 Å². The molecule has 4 nitrogen and oxygen atoms in total. The highest BCUT2D eigenvalue weighted by Gasteiger charge is 2.22. The molecule has 2 N–H and O–H groups in total. The van der Waals surface area contributed by atoms with Gasteiger partial charge in [0.2, 0.25) is 0 Å². The lowest BCUT2D eigenvalue weighted by atomic mass is 10.2. The summed E-state index contributed by atoms with van der Waals surface area (Å²) in [4.78, 5) is 6.96. The first-order valence-corrected chi connectivity index (χ1v) is 6.75. The average molecular weight is 244 g/mol. The highest BCUT2D eigenvalue weighted by atomic mass is 15.2. The first-order valence-electron chi connectivity index (χ1n) is 6.75. The third kappa shape index (κ3) is 1.86. The van der Waals surface area contributed by atoms with E-state index in [4.69, 9.17) is 5.73 Å². The zero-order chi connectivity index (χ0) is 12.5. The van der Waals surface area contributed by atoms with Gasteiger partial charge in [0, 0.05) is 37.2 Å². The van der Waals surface area contributed by atoms with Crippen LogP contribution in [0.4, 0.5) is 5.82 Å². The number of nitrogens with zero attached hydrogens (tertiary/aromatic N) is 3. The van der Waals surface area contributed by atoms with Crippen molar-refractivity contribution in [2.45, 2.75) is 32.2 Å². The van der Waals surface area contributed by atoms with Crippen molar-refractivity contribution in [2.75, 3.05) is 18.0 Å². The predicted octanol–water partition coefficient (Wildman–Crippen LogP) is 1.82. The number of anilines is 1. The number of rotatable bonds is 3. The van der Waals surface area contributed by atoms with Crippen molar-refractivity contribution < 1.29 is 0 Å². The summed E-state index contributed by atoms with van der Waals surface area (Å²) in [5, 5.41) is 0. The van der Waals surface area contributed by atoms with Crippen LogP contribution in [0.3, 0.4) is 0 Å². The molecule has 4 heteroatoms. The van der Waals surface area contributed by atoms with Gasteiger partial charge in [-0.15, -0.1) is 0 Å². The highest BCUT2D eigenvalue weighted by molar-refractivity contribution is 5.70. The normalized spacial score (nSPS) is 19.9. The lowest BCUT2D eigenvalue weighted by Gasteiger charge is -2.19. The minimum absolute atomic E-state index is 0.289. The molecule has 3 heterocycles. The molecule has 1 atom stereocenters. The second-order valence-corrected chi connectivity index (χ2v) is 5.08. The van der Waals surface area contributed by atoms with Gasteiger partial charge in [0.05, 0.1) is 5.52 Å². The lowest BCUT2D eigenvalue weighted by Crippen LogP contribution is -2.27. The Morgan fingerprint density at radius 1 is 1.50 bits per heavy atom. The Morgan fingerprint density at radius 2 is 2.39 bits per heavy atom. The standard InChI is InChI=1S/C14H20N4/c1-2-4-12-9-16-14(13-5-3-7-18(12)13)17-8-6-11(15)10-17/h3,5,7,9,11H,2,4,6,8,10,15H2,1H3/t11-/m0/s1. The monoisotopic (exact) mass is 244 g/mol. The Hall–Kier alpha value is -1.55. The van der Waals surface area contributed by atoms with E-state index in [2.05, 4.69) is 39.5 Å². The van der Waals surface area contributed by atoms with Gasteiger partial charge < -0.3 is 15.0 Å². The number of nitrogens with two attached hydrogens (primary N) is 1. The molecule has 1 fully saturated rings. The summed E-state index contributed by atoms with van der Waals surface area (Å²) in [6, 6.07) is 4.53. The van der Waals surface area contributed by atoms with Crippen molar-refractivity contribution in [2.24, 2.45) is 5.73 Å². The van der Waals surface area contributed by atoms with E-state index in [-0.39, 0.29) is 6.04 Å². The van der Waals surface area contributed by atoms with Crippen LogP contribution >= 0.6 is 0 Å². The molecule has 2 aromatic heterocycles. The van der Waals surface area contributed by atoms with Crippen molar-refractivity contribution in [3.8, 4) is 0 Å². The molecule has 0 amide bonds. The van der Waals surface area contributed by atoms with E-state index in [1.54, 1.807) is 0 Å². The van der Waals surface area contributed by atoms with Crippen molar-refractivity contribution >= 4 is 11.3 Å². The van der Waals surface area contributed by atoms with Gasteiger partial charge in [-0.05, 0) is 25.0 Å². The first-order chi connectivity index (χ1) is 8.79. The van der Waals surface area contributed by atoms with E-state index >= 15 is 0 Å². The number of fused-ring (bicyclic) bond motifs is 1. The first kappa shape index (κ1) is 11.5. The molecule has 3 rings (SSSR count). The molecule has 1 saturated heterocycles. The SMILES string of the molecule is CCCc1cnc(N2CC[C@H](N)C2)c2cccn12. The van der Waals surface area contributed by atoms with E-state index in [9.17, 15) is 0 Å². The number of hydrogen-bond acceptors (Lipinski definition) is 3. The van der Waals surface area contributed by atoms with E-state index in [1.807, 2.05) is 6.20 Å². The van der Waals surface area contributed by atoms with E-state index in [1.165, 1.54) is 11.2 Å². The molecule has 0 unspecified atom stereocenters. The second kappa shape index (κ2) is 4.61. The van der Waals surface area contributed by atoms with Gasteiger partial charge in [-0.3, -0.25) is 0 Å². The topological polar surface area (TPSA) is 46.6 Å². The fourth-order valence-electron chi connectivity index (χ4n) is 2.74. The van der Waals surface area contributed by atoms with Crippen molar-refractivity contribution in [1.82, 2.24) is 9.38 Å². The average Bonchev–Trinajstić information content (AvgIpc) is 2.98. The van der Waals surface area contributed by atoms with Crippen LogP contribution in [-0.2, 0) is 6.42 Å². The van der Waals surface area contributed by atoms with Gasteiger partial charge in [-0.2, -0.15) is 0 Å². The summed E-state index contributed by atoms with van der Waals surface area (Å²) < 4.78 is 2.26. The molecule has 0 aliphatic carbocycles. The third-order valence-electron chi connectivity index (χ3n) is 3.65. The maximum absolute atomic E-state index is 5.98. The number of aryl methyl sites for hydroxylation is 1. The summed E-state index contributed by atoms with van der Waals surface area (Å²) in [6.45, 7) is 4.13. The maximum Gasteiger partial charge on any atom is 0.152 e. The highest BCUT2D eigenvalue weighted by Crippen LogP contribution is 2.24. The van der Waals surface area contributed by atoms with E-state index < -0.39 is 0 Å². The smallest absolute Gasteiger partial charge is 0.152 e. The van der Waals surface area contributed by atoms with Crippen LogP contribution in [0.2, 0.25) is 0 Å². The number of aromatic nitrogens is 2. The van der Waals surface area contributed by atoms with E-state index in [0.29, 0.717) is 0 Å². The van der Waals surface area contributed by atoms with Gasteiger partial charge in [-0.1, -0.05) is 13.3 Å². The molecular formula is C14H20N4. The molecule has 0 saturated carbocycles. The van der Waals surface area contributed by atoms with Crippen LogP contribution < -0.4 is 10.6 Å². The van der Waals surface area contributed by atoms with Crippen molar-refractivity contribution in [3.05, 3.63) is 30.2 Å².